The first-order valence-corrected chi connectivity index (χ1v) is 10.6. The zero-order valence-electron chi connectivity index (χ0n) is 18.1. The molecule has 0 saturated carbocycles. The Labute approximate surface area is 169 Å². The van der Waals surface area contributed by atoms with Crippen molar-refractivity contribution in [3.63, 3.8) is 0 Å². The summed E-state index contributed by atoms with van der Waals surface area (Å²) >= 11 is 0. The predicted octanol–water partition coefficient (Wildman–Crippen LogP) is 4.17. The van der Waals surface area contributed by atoms with Gasteiger partial charge in [-0.25, -0.2) is 9.59 Å². The Hall–Kier alpha value is -1.63. The van der Waals surface area contributed by atoms with Crippen molar-refractivity contribution in [3.05, 3.63) is 0 Å². The standard InChI is InChI=1S/C21H40N2O5/c1-5-6-7-8-9-10-11-15-18(24)16(22)13-12-14-17(19(25)26)23-20(27)28-21(2,3)4/h16-17H,5-15,22H2,1-4H3,(H,23,27)(H,25,26)/t16?,17-/m0/s1. The number of ketones is 1. The number of carbonyl (C=O) groups excluding carboxylic acids is 2. The SMILES string of the molecule is CCCCCCCCCC(=O)C(N)CCC[C@H](NC(=O)OC(C)(C)C)C(=O)O. The van der Waals surface area contributed by atoms with E-state index in [4.69, 9.17) is 10.5 Å². The van der Waals surface area contributed by atoms with Gasteiger partial charge in [-0.2, -0.15) is 0 Å². The van der Waals surface area contributed by atoms with Crippen LogP contribution in [-0.2, 0) is 14.3 Å². The van der Waals surface area contributed by atoms with Gasteiger partial charge in [0.05, 0.1) is 6.04 Å². The average molecular weight is 401 g/mol. The highest BCUT2D eigenvalue weighted by Gasteiger charge is 2.24. The van der Waals surface area contributed by atoms with Crippen LogP contribution in [0.15, 0.2) is 0 Å². The lowest BCUT2D eigenvalue weighted by Gasteiger charge is -2.22. The summed E-state index contributed by atoms with van der Waals surface area (Å²) in [6.07, 6.45) is 8.79. The number of unbranched alkanes of at least 4 members (excludes halogenated alkanes) is 6. The highest BCUT2D eigenvalue weighted by atomic mass is 16.6. The third-order valence-corrected chi connectivity index (χ3v) is 4.44. The quantitative estimate of drug-likeness (QED) is 0.355. The summed E-state index contributed by atoms with van der Waals surface area (Å²) in [5, 5.41) is 11.6. The van der Waals surface area contributed by atoms with Crippen LogP contribution in [0, 0.1) is 0 Å². The number of carbonyl (C=O) groups is 3. The number of hydrogen-bond donors (Lipinski definition) is 3. The Bertz CT molecular complexity index is 474. The molecule has 0 bridgehead atoms. The molecule has 0 aromatic carbocycles. The second-order valence-electron chi connectivity index (χ2n) is 8.41. The Morgan fingerprint density at radius 2 is 1.54 bits per heavy atom. The van der Waals surface area contributed by atoms with Crippen molar-refractivity contribution in [2.45, 2.75) is 116 Å². The van der Waals surface area contributed by atoms with Gasteiger partial charge in [-0.15, -0.1) is 0 Å². The van der Waals surface area contributed by atoms with Gasteiger partial charge in [0.2, 0.25) is 0 Å². The third-order valence-electron chi connectivity index (χ3n) is 4.44. The summed E-state index contributed by atoms with van der Waals surface area (Å²) < 4.78 is 5.08. The van der Waals surface area contributed by atoms with Gasteiger partial charge in [0.15, 0.2) is 0 Å². The third kappa shape index (κ3) is 14.4. The molecule has 0 spiro atoms. The maximum atomic E-state index is 12.1. The number of alkyl carbamates (subject to hydrolysis) is 1. The molecule has 0 aliphatic rings. The van der Waals surface area contributed by atoms with E-state index in [1.165, 1.54) is 25.7 Å². The van der Waals surface area contributed by atoms with Crippen LogP contribution in [0.5, 0.6) is 0 Å². The van der Waals surface area contributed by atoms with Crippen molar-refractivity contribution in [3.8, 4) is 0 Å². The first kappa shape index (κ1) is 26.4. The van der Waals surface area contributed by atoms with E-state index in [9.17, 15) is 19.5 Å². The fourth-order valence-corrected chi connectivity index (χ4v) is 2.85. The van der Waals surface area contributed by atoms with Crippen LogP contribution in [0.1, 0.15) is 98.3 Å². The summed E-state index contributed by atoms with van der Waals surface area (Å²) in [5.41, 5.74) is 5.24. The molecule has 0 fully saturated rings. The minimum absolute atomic E-state index is 0.0283. The molecule has 1 amide bonds. The molecule has 7 heteroatoms. The number of hydrogen-bond acceptors (Lipinski definition) is 5. The summed E-state index contributed by atoms with van der Waals surface area (Å²) in [6.45, 7) is 7.31. The maximum Gasteiger partial charge on any atom is 0.408 e. The molecule has 7 nitrogen and oxygen atoms in total. The smallest absolute Gasteiger partial charge is 0.408 e. The van der Waals surface area contributed by atoms with Crippen molar-refractivity contribution in [1.29, 1.82) is 0 Å². The minimum atomic E-state index is -1.13. The molecule has 0 saturated heterocycles. The van der Waals surface area contributed by atoms with Crippen LogP contribution in [0.4, 0.5) is 4.79 Å². The molecule has 28 heavy (non-hydrogen) atoms. The van der Waals surface area contributed by atoms with Gasteiger partial charge in [0.25, 0.3) is 0 Å². The van der Waals surface area contributed by atoms with Crippen molar-refractivity contribution in [2.24, 2.45) is 5.73 Å². The molecule has 0 aromatic rings. The molecule has 0 aliphatic carbocycles. The summed E-state index contributed by atoms with van der Waals surface area (Å²) in [5.74, 6) is -1.10. The normalized spacial score (nSPS) is 13.6. The molecule has 0 radical (unpaired) electrons. The number of nitrogens with two attached hydrogens (primary N) is 1. The molecule has 0 heterocycles. The Kier molecular flexibility index (Phi) is 13.5. The van der Waals surface area contributed by atoms with E-state index in [-0.39, 0.29) is 12.2 Å². The van der Waals surface area contributed by atoms with Crippen molar-refractivity contribution >= 4 is 17.8 Å². The van der Waals surface area contributed by atoms with E-state index in [0.29, 0.717) is 19.3 Å². The predicted molar refractivity (Wildman–Crippen MR) is 110 cm³/mol. The van der Waals surface area contributed by atoms with Crippen LogP contribution in [0.3, 0.4) is 0 Å². The first-order chi connectivity index (χ1) is 13.1. The zero-order chi connectivity index (χ0) is 21.6. The lowest BCUT2D eigenvalue weighted by atomic mass is 9.99. The van der Waals surface area contributed by atoms with E-state index < -0.39 is 29.7 Å². The minimum Gasteiger partial charge on any atom is -0.480 e. The Balaban J connectivity index is 4.06. The first-order valence-electron chi connectivity index (χ1n) is 10.6. The number of carboxylic acids is 1. The molecular formula is C21H40N2O5. The fraction of sp³-hybridized carbons (Fsp3) is 0.857. The van der Waals surface area contributed by atoms with E-state index in [2.05, 4.69) is 12.2 Å². The van der Waals surface area contributed by atoms with Crippen LogP contribution in [-0.4, -0.2) is 40.6 Å². The van der Waals surface area contributed by atoms with Gasteiger partial charge in [0, 0.05) is 6.42 Å². The van der Waals surface area contributed by atoms with Crippen molar-refractivity contribution in [2.75, 3.05) is 0 Å². The van der Waals surface area contributed by atoms with Gasteiger partial charge in [-0.05, 0) is 46.5 Å². The highest BCUT2D eigenvalue weighted by molar-refractivity contribution is 5.83. The molecule has 1 unspecified atom stereocenters. The van der Waals surface area contributed by atoms with Crippen LogP contribution < -0.4 is 11.1 Å². The topological polar surface area (TPSA) is 119 Å². The Morgan fingerprint density at radius 1 is 0.964 bits per heavy atom. The number of nitrogens with one attached hydrogen (secondary N) is 1. The molecular weight excluding hydrogens is 360 g/mol. The van der Waals surface area contributed by atoms with Crippen molar-refractivity contribution < 1.29 is 24.2 Å². The molecule has 0 aromatic heterocycles. The van der Waals surface area contributed by atoms with E-state index in [1.807, 2.05) is 0 Å². The second kappa shape index (κ2) is 14.4. The average Bonchev–Trinajstić information content (AvgIpc) is 2.57. The molecule has 4 N–H and O–H groups in total. The van der Waals surface area contributed by atoms with Gasteiger partial charge in [0.1, 0.15) is 17.4 Å². The van der Waals surface area contributed by atoms with Gasteiger partial charge in [-0.3, -0.25) is 4.79 Å². The van der Waals surface area contributed by atoms with Crippen molar-refractivity contribution in [1.82, 2.24) is 5.32 Å². The van der Waals surface area contributed by atoms with Crippen LogP contribution >= 0.6 is 0 Å². The number of aliphatic carboxylic acids is 1. The molecule has 0 rings (SSSR count). The highest BCUT2D eigenvalue weighted by Crippen LogP contribution is 2.12. The number of Topliss-reactive ketones (excluding diaryl/α,β-unsaturated/α-hetero) is 1. The summed E-state index contributed by atoms with van der Waals surface area (Å²) in [6, 6.07) is -1.63. The fourth-order valence-electron chi connectivity index (χ4n) is 2.85. The van der Waals surface area contributed by atoms with E-state index in [0.717, 1.165) is 19.3 Å². The zero-order valence-corrected chi connectivity index (χ0v) is 18.1. The molecule has 164 valence electrons. The Morgan fingerprint density at radius 3 is 2.07 bits per heavy atom. The number of ether oxygens (including phenoxy) is 1. The number of amides is 1. The van der Waals surface area contributed by atoms with Crippen LogP contribution in [0.2, 0.25) is 0 Å². The second-order valence-corrected chi connectivity index (χ2v) is 8.41. The maximum absolute atomic E-state index is 12.1. The van der Waals surface area contributed by atoms with Gasteiger partial charge >= 0.3 is 12.1 Å². The molecule has 0 aliphatic heterocycles. The lowest BCUT2D eigenvalue weighted by Crippen LogP contribution is -2.43. The number of rotatable bonds is 15. The van der Waals surface area contributed by atoms with E-state index >= 15 is 0 Å². The molecule has 2 atom stereocenters. The van der Waals surface area contributed by atoms with Gasteiger partial charge in [-0.1, -0.05) is 45.4 Å². The monoisotopic (exact) mass is 400 g/mol. The summed E-state index contributed by atoms with van der Waals surface area (Å²) in [4.78, 5) is 35.1. The largest absolute Gasteiger partial charge is 0.480 e. The number of carboxylic acid groups (broad SMARTS) is 1. The lowest BCUT2D eigenvalue weighted by molar-refractivity contribution is -0.139. The summed E-state index contributed by atoms with van der Waals surface area (Å²) in [7, 11) is 0. The van der Waals surface area contributed by atoms with Gasteiger partial charge < -0.3 is 20.9 Å². The van der Waals surface area contributed by atoms with E-state index in [1.54, 1.807) is 20.8 Å². The van der Waals surface area contributed by atoms with Crippen LogP contribution in [0.25, 0.3) is 0 Å².